The third kappa shape index (κ3) is 2.08. The number of hydrogen-bond donors (Lipinski definition) is 2. The quantitative estimate of drug-likeness (QED) is 0.805. The second-order valence-electron chi connectivity index (χ2n) is 3.18. The lowest BCUT2D eigenvalue weighted by atomic mass is 10.2. The van der Waals surface area contributed by atoms with Crippen molar-refractivity contribution in [3.05, 3.63) is 53.9 Å². The Labute approximate surface area is 90.1 Å². The number of hydrogen-bond acceptors (Lipinski definition) is 1. The van der Waals surface area contributed by atoms with E-state index in [2.05, 4.69) is 10.3 Å². The Kier molecular flexibility index (Phi) is 2.68. The van der Waals surface area contributed by atoms with Crippen LogP contribution in [0.3, 0.4) is 0 Å². The van der Waals surface area contributed by atoms with Gasteiger partial charge in [-0.1, -0.05) is 0 Å². The lowest BCUT2D eigenvalue weighted by Gasteiger charge is -2.03. The van der Waals surface area contributed by atoms with Gasteiger partial charge < -0.3 is 10.3 Å². The van der Waals surface area contributed by atoms with Crippen LogP contribution < -0.4 is 5.32 Å². The average molecular weight is 222 g/mol. The zero-order chi connectivity index (χ0) is 11.5. The predicted molar refractivity (Wildman–Crippen MR) is 55.1 cm³/mol. The minimum absolute atomic E-state index is 0.213. The first-order valence-corrected chi connectivity index (χ1v) is 4.56. The number of aromatic nitrogens is 1. The summed E-state index contributed by atoms with van der Waals surface area (Å²) in [6.07, 6.45) is 3.11. The van der Waals surface area contributed by atoms with Crippen LogP contribution in [0.15, 0.2) is 36.7 Å². The molecule has 1 amide bonds. The summed E-state index contributed by atoms with van der Waals surface area (Å²) in [5, 5.41) is 2.45. The highest BCUT2D eigenvalue weighted by Gasteiger charge is 2.08. The number of H-pyrrole nitrogens is 1. The fraction of sp³-hybridized carbons (Fsp3) is 0. The van der Waals surface area contributed by atoms with Crippen molar-refractivity contribution in [2.24, 2.45) is 0 Å². The summed E-state index contributed by atoms with van der Waals surface area (Å²) in [7, 11) is 0. The van der Waals surface area contributed by atoms with Crippen molar-refractivity contribution in [2.45, 2.75) is 0 Å². The first-order chi connectivity index (χ1) is 7.66. The molecule has 1 aromatic heterocycles. The highest BCUT2D eigenvalue weighted by atomic mass is 19.2. The molecule has 0 saturated heterocycles. The Balaban J connectivity index is 2.15. The minimum Gasteiger partial charge on any atom is -0.367 e. The van der Waals surface area contributed by atoms with Gasteiger partial charge >= 0.3 is 0 Å². The molecule has 2 rings (SSSR count). The van der Waals surface area contributed by atoms with Gasteiger partial charge in [-0.3, -0.25) is 4.79 Å². The third-order valence-corrected chi connectivity index (χ3v) is 2.04. The maximum Gasteiger partial charge on any atom is 0.257 e. The Bertz CT molecular complexity index is 509. The smallest absolute Gasteiger partial charge is 0.257 e. The molecule has 16 heavy (non-hydrogen) atoms. The molecule has 1 aromatic carbocycles. The van der Waals surface area contributed by atoms with Crippen molar-refractivity contribution in [1.82, 2.24) is 4.98 Å². The third-order valence-electron chi connectivity index (χ3n) is 2.04. The van der Waals surface area contributed by atoms with E-state index in [0.29, 0.717) is 5.56 Å². The van der Waals surface area contributed by atoms with Gasteiger partial charge in [0, 0.05) is 24.1 Å². The Morgan fingerprint density at radius 3 is 2.62 bits per heavy atom. The molecule has 0 aliphatic carbocycles. The number of amides is 1. The SMILES string of the molecule is O=C(Nc1ccc(F)c(F)c1)c1cc[nH]c1. The minimum atomic E-state index is -0.994. The number of nitrogens with one attached hydrogen (secondary N) is 2. The molecule has 5 heteroatoms. The number of rotatable bonds is 2. The molecule has 0 saturated carbocycles. The Morgan fingerprint density at radius 1 is 1.19 bits per heavy atom. The van der Waals surface area contributed by atoms with Crippen molar-refractivity contribution < 1.29 is 13.6 Å². The molecule has 0 bridgehead atoms. The molecule has 0 spiro atoms. The van der Waals surface area contributed by atoms with Crippen molar-refractivity contribution in [3.63, 3.8) is 0 Å². The lowest BCUT2D eigenvalue weighted by molar-refractivity contribution is 0.102. The number of carbonyl (C=O) groups excluding carboxylic acids is 1. The van der Waals surface area contributed by atoms with Crippen molar-refractivity contribution in [1.29, 1.82) is 0 Å². The monoisotopic (exact) mass is 222 g/mol. The van der Waals surface area contributed by atoms with Crippen LogP contribution in [0.1, 0.15) is 10.4 Å². The normalized spacial score (nSPS) is 10.1. The topological polar surface area (TPSA) is 44.9 Å². The number of halogens is 2. The summed E-state index contributed by atoms with van der Waals surface area (Å²) in [6, 6.07) is 4.76. The number of anilines is 1. The van der Waals surface area contributed by atoms with Gasteiger partial charge in [-0.05, 0) is 18.2 Å². The van der Waals surface area contributed by atoms with Crippen molar-refractivity contribution in [3.8, 4) is 0 Å². The summed E-state index contributed by atoms with van der Waals surface area (Å²) in [5.41, 5.74) is 0.634. The second-order valence-corrected chi connectivity index (χ2v) is 3.18. The number of carbonyl (C=O) groups is 1. The second kappa shape index (κ2) is 4.14. The molecular formula is C11H8F2N2O. The van der Waals surface area contributed by atoms with Gasteiger partial charge in [-0.25, -0.2) is 8.78 Å². The molecule has 0 fully saturated rings. The van der Waals surface area contributed by atoms with Gasteiger partial charge in [-0.2, -0.15) is 0 Å². The first-order valence-electron chi connectivity index (χ1n) is 4.56. The van der Waals surface area contributed by atoms with Crippen LogP contribution in [-0.4, -0.2) is 10.9 Å². The summed E-state index contributed by atoms with van der Waals surface area (Å²) in [6.45, 7) is 0. The standard InChI is InChI=1S/C11H8F2N2O/c12-9-2-1-8(5-10(9)13)15-11(16)7-3-4-14-6-7/h1-6,14H,(H,15,16). The molecule has 2 aromatic rings. The summed E-state index contributed by atoms with van der Waals surface area (Å²) in [5.74, 6) is -2.32. The van der Waals surface area contributed by atoms with Crippen LogP contribution >= 0.6 is 0 Å². The van der Waals surface area contributed by atoms with E-state index in [1.54, 1.807) is 12.3 Å². The van der Waals surface area contributed by atoms with Gasteiger partial charge in [0.05, 0.1) is 5.56 Å². The molecule has 0 aliphatic rings. The molecule has 0 unspecified atom stereocenters. The van der Waals surface area contributed by atoms with E-state index >= 15 is 0 Å². The van der Waals surface area contributed by atoms with E-state index in [0.717, 1.165) is 12.1 Å². The maximum absolute atomic E-state index is 12.8. The van der Waals surface area contributed by atoms with E-state index in [4.69, 9.17) is 0 Å². The summed E-state index contributed by atoms with van der Waals surface area (Å²) >= 11 is 0. The maximum atomic E-state index is 12.8. The Morgan fingerprint density at radius 2 is 2.00 bits per heavy atom. The molecular weight excluding hydrogens is 214 g/mol. The van der Waals surface area contributed by atoms with Gasteiger partial charge in [-0.15, -0.1) is 0 Å². The molecule has 1 heterocycles. The van der Waals surface area contributed by atoms with Crippen LogP contribution in [0.2, 0.25) is 0 Å². The fourth-order valence-corrected chi connectivity index (χ4v) is 1.24. The Hall–Kier alpha value is -2.17. The lowest BCUT2D eigenvalue weighted by Crippen LogP contribution is -2.11. The van der Waals surface area contributed by atoms with Gasteiger partial charge in [0.25, 0.3) is 5.91 Å². The molecule has 0 aliphatic heterocycles. The van der Waals surface area contributed by atoms with Gasteiger partial charge in [0.2, 0.25) is 0 Å². The number of aromatic amines is 1. The number of benzene rings is 1. The van der Waals surface area contributed by atoms with Crippen molar-refractivity contribution in [2.75, 3.05) is 5.32 Å². The molecule has 0 atom stereocenters. The average Bonchev–Trinajstić information content (AvgIpc) is 2.77. The molecule has 2 N–H and O–H groups in total. The molecule has 82 valence electrons. The zero-order valence-corrected chi connectivity index (χ0v) is 8.13. The van der Waals surface area contributed by atoms with E-state index in [-0.39, 0.29) is 11.6 Å². The van der Waals surface area contributed by atoms with Crippen LogP contribution in [0, 0.1) is 11.6 Å². The van der Waals surface area contributed by atoms with Crippen LogP contribution in [0.25, 0.3) is 0 Å². The summed E-state index contributed by atoms with van der Waals surface area (Å²) < 4.78 is 25.5. The highest BCUT2D eigenvalue weighted by molar-refractivity contribution is 6.04. The van der Waals surface area contributed by atoms with E-state index in [1.165, 1.54) is 12.3 Å². The predicted octanol–water partition coefficient (Wildman–Crippen LogP) is 2.55. The van der Waals surface area contributed by atoms with Crippen LogP contribution in [0.4, 0.5) is 14.5 Å². The molecule has 0 radical (unpaired) electrons. The van der Waals surface area contributed by atoms with E-state index < -0.39 is 11.6 Å². The van der Waals surface area contributed by atoms with E-state index in [1.807, 2.05) is 0 Å². The first kappa shape index (κ1) is 10.4. The fourth-order valence-electron chi connectivity index (χ4n) is 1.24. The summed E-state index contributed by atoms with van der Waals surface area (Å²) in [4.78, 5) is 14.2. The van der Waals surface area contributed by atoms with Gasteiger partial charge in [0.1, 0.15) is 0 Å². The van der Waals surface area contributed by atoms with Crippen LogP contribution in [-0.2, 0) is 0 Å². The van der Waals surface area contributed by atoms with Crippen molar-refractivity contribution >= 4 is 11.6 Å². The zero-order valence-electron chi connectivity index (χ0n) is 8.13. The van der Waals surface area contributed by atoms with E-state index in [9.17, 15) is 13.6 Å². The largest absolute Gasteiger partial charge is 0.367 e. The highest BCUT2D eigenvalue weighted by Crippen LogP contribution is 2.14. The molecule has 3 nitrogen and oxygen atoms in total. The van der Waals surface area contributed by atoms with Crippen LogP contribution in [0.5, 0.6) is 0 Å². The van der Waals surface area contributed by atoms with Gasteiger partial charge in [0.15, 0.2) is 11.6 Å².